The summed E-state index contributed by atoms with van der Waals surface area (Å²) in [6.07, 6.45) is 1.64. The lowest BCUT2D eigenvalue weighted by Gasteiger charge is -2.23. The fourth-order valence-corrected chi connectivity index (χ4v) is 3.39. The average molecular weight is 211 g/mol. The summed E-state index contributed by atoms with van der Waals surface area (Å²) < 4.78 is 25.9. The lowest BCUT2D eigenvalue weighted by Crippen LogP contribution is -2.34. The minimum absolute atomic E-state index is 0.363. The lowest BCUT2D eigenvalue weighted by molar-refractivity contribution is 0.531. The molecule has 0 aliphatic carbocycles. The zero-order valence-electron chi connectivity index (χ0n) is 7.81. The first-order chi connectivity index (χ1) is 6.70. The highest BCUT2D eigenvalue weighted by molar-refractivity contribution is 7.89. The zero-order chi connectivity index (χ0) is 10.0. The van der Waals surface area contributed by atoms with Crippen LogP contribution in [-0.2, 0) is 10.0 Å². The Morgan fingerprint density at radius 2 is 1.93 bits per heavy atom. The molecular weight excluding hydrogens is 198 g/mol. The van der Waals surface area contributed by atoms with Gasteiger partial charge in [-0.05, 0) is 18.4 Å². The maximum atomic E-state index is 11.7. The molecule has 3 nitrogen and oxygen atoms in total. The largest absolute Gasteiger partial charge is 0.218 e. The highest BCUT2D eigenvalue weighted by atomic mass is 32.2. The molecule has 0 amide bonds. The predicted molar refractivity (Wildman–Crippen MR) is 55.3 cm³/mol. The van der Waals surface area contributed by atoms with Crippen molar-refractivity contribution in [3.8, 4) is 0 Å². The third-order valence-electron chi connectivity index (χ3n) is 2.49. The van der Waals surface area contributed by atoms with Crippen LogP contribution in [0.3, 0.4) is 0 Å². The Kier molecular flexibility index (Phi) is 2.56. The summed E-state index contributed by atoms with van der Waals surface area (Å²) in [5, 5.41) is -0.363. The molecule has 0 saturated carbocycles. The van der Waals surface area contributed by atoms with Gasteiger partial charge in [0, 0.05) is 6.54 Å². The smallest absolute Gasteiger partial charge is 0.215 e. The normalized spacial score (nSPS) is 25.9. The molecule has 1 N–H and O–H groups in total. The summed E-state index contributed by atoms with van der Waals surface area (Å²) in [4.78, 5) is 0. The predicted octanol–water partition coefficient (Wildman–Crippen LogP) is 1.44. The molecule has 4 heteroatoms. The Labute approximate surface area is 84.2 Å². The van der Waals surface area contributed by atoms with Gasteiger partial charge in [0.15, 0.2) is 0 Å². The van der Waals surface area contributed by atoms with Crippen LogP contribution in [0.2, 0.25) is 0 Å². The quantitative estimate of drug-likeness (QED) is 0.764. The van der Waals surface area contributed by atoms with Gasteiger partial charge in [-0.2, -0.15) is 0 Å². The van der Waals surface area contributed by atoms with E-state index in [1.807, 2.05) is 30.3 Å². The van der Waals surface area contributed by atoms with Crippen molar-refractivity contribution in [3.05, 3.63) is 35.9 Å². The molecule has 0 bridgehead atoms. The van der Waals surface area contributed by atoms with Gasteiger partial charge in [-0.25, -0.2) is 13.1 Å². The minimum atomic E-state index is -3.13. The van der Waals surface area contributed by atoms with Crippen LogP contribution in [0.15, 0.2) is 30.3 Å². The fraction of sp³-hybridized carbons (Fsp3) is 0.400. The van der Waals surface area contributed by atoms with Gasteiger partial charge in [0.2, 0.25) is 10.0 Å². The number of hydrogen-bond acceptors (Lipinski definition) is 2. The van der Waals surface area contributed by atoms with Crippen molar-refractivity contribution < 1.29 is 8.42 Å². The minimum Gasteiger partial charge on any atom is -0.215 e. The molecule has 1 aromatic rings. The number of sulfonamides is 1. The Morgan fingerprint density at radius 3 is 2.57 bits per heavy atom. The molecule has 1 fully saturated rings. The van der Waals surface area contributed by atoms with Crippen LogP contribution in [0.25, 0.3) is 0 Å². The van der Waals surface area contributed by atoms with E-state index >= 15 is 0 Å². The summed E-state index contributed by atoms with van der Waals surface area (Å²) >= 11 is 0. The lowest BCUT2D eigenvalue weighted by atomic mass is 10.1. The van der Waals surface area contributed by atoms with Crippen molar-refractivity contribution in [2.45, 2.75) is 18.1 Å². The van der Waals surface area contributed by atoms with E-state index in [0.29, 0.717) is 6.54 Å². The van der Waals surface area contributed by atoms with Crippen LogP contribution in [0.4, 0.5) is 0 Å². The van der Waals surface area contributed by atoms with Crippen molar-refractivity contribution in [1.82, 2.24) is 4.72 Å². The van der Waals surface area contributed by atoms with Crippen LogP contribution in [0.1, 0.15) is 23.7 Å². The van der Waals surface area contributed by atoms with Gasteiger partial charge in [0.1, 0.15) is 5.25 Å². The molecule has 1 heterocycles. The van der Waals surface area contributed by atoms with Gasteiger partial charge in [-0.15, -0.1) is 0 Å². The summed E-state index contributed by atoms with van der Waals surface area (Å²) in [5.41, 5.74) is 0.889. The third-order valence-corrected chi connectivity index (χ3v) is 4.36. The zero-order valence-corrected chi connectivity index (χ0v) is 8.63. The van der Waals surface area contributed by atoms with Crippen LogP contribution in [0.5, 0.6) is 0 Å². The molecule has 2 rings (SSSR count). The van der Waals surface area contributed by atoms with Gasteiger partial charge in [-0.1, -0.05) is 30.3 Å². The number of benzene rings is 1. The second-order valence-electron chi connectivity index (χ2n) is 3.48. The van der Waals surface area contributed by atoms with Crippen LogP contribution >= 0.6 is 0 Å². The first kappa shape index (κ1) is 9.68. The first-order valence-electron chi connectivity index (χ1n) is 4.73. The summed E-state index contributed by atoms with van der Waals surface area (Å²) in [7, 11) is -3.13. The summed E-state index contributed by atoms with van der Waals surface area (Å²) in [5.74, 6) is 0. The molecule has 0 unspecified atom stereocenters. The van der Waals surface area contributed by atoms with E-state index in [9.17, 15) is 8.42 Å². The molecule has 1 aliphatic rings. The van der Waals surface area contributed by atoms with Crippen LogP contribution in [-0.4, -0.2) is 15.0 Å². The van der Waals surface area contributed by atoms with Crippen molar-refractivity contribution in [3.63, 3.8) is 0 Å². The van der Waals surface area contributed by atoms with Crippen LogP contribution in [0, 0.1) is 0 Å². The van der Waals surface area contributed by atoms with E-state index in [0.717, 1.165) is 18.4 Å². The molecule has 1 saturated heterocycles. The van der Waals surface area contributed by atoms with E-state index in [-0.39, 0.29) is 5.25 Å². The Bertz CT molecular complexity index is 399. The standard InChI is InChI=1S/C10H13NO2S/c12-14(13)10(7-4-8-11-14)9-5-2-1-3-6-9/h1-3,5-6,10-11H,4,7-8H2/t10-/m0/s1. The van der Waals surface area contributed by atoms with Gasteiger partial charge < -0.3 is 0 Å². The maximum Gasteiger partial charge on any atom is 0.218 e. The van der Waals surface area contributed by atoms with Crippen molar-refractivity contribution >= 4 is 10.0 Å². The summed E-state index contributed by atoms with van der Waals surface area (Å²) in [6, 6.07) is 9.38. The highest BCUT2D eigenvalue weighted by Gasteiger charge is 2.29. The van der Waals surface area contributed by atoms with Crippen molar-refractivity contribution in [2.24, 2.45) is 0 Å². The number of hydrogen-bond donors (Lipinski definition) is 1. The number of nitrogens with one attached hydrogen (secondary N) is 1. The maximum absolute atomic E-state index is 11.7. The Morgan fingerprint density at radius 1 is 1.21 bits per heavy atom. The van der Waals surface area contributed by atoms with E-state index in [1.54, 1.807) is 0 Å². The third kappa shape index (κ3) is 1.81. The molecule has 1 atom stereocenters. The monoisotopic (exact) mass is 211 g/mol. The Hall–Kier alpha value is -0.870. The fourth-order valence-electron chi connectivity index (χ4n) is 1.77. The van der Waals surface area contributed by atoms with Crippen molar-refractivity contribution in [1.29, 1.82) is 0 Å². The molecule has 0 radical (unpaired) electrons. The topological polar surface area (TPSA) is 46.2 Å². The SMILES string of the molecule is O=S1(=O)NCCC[C@H]1c1ccccc1. The molecule has 0 aromatic heterocycles. The van der Waals surface area contributed by atoms with Gasteiger partial charge in [0.25, 0.3) is 0 Å². The van der Waals surface area contributed by atoms with E-state index in [2.05, 4.69) is 4.72 Å². The molecule has 0 spiro atoms. The highest BCUT2D eigenvalue weighted by Crippen LogP contribution is 2.28. The van der Waals surface area contributed by atoms with E-state index in [4.69, 9.17) is 0 Å². The average Bonchev–Trinajstić information content (AvgIpc) is 2.18. The summed E-state index contributed by atoms with van der Waals surface area (Å²) in [6.45, 7) is 0.575. The molecule has 1 aliphatic heterocycles. The van der Waals surface area contributed by atoms with Gasteiger partial charge in [-0.3, -0.25) is 0 Å². The van der Waals surface area contributed by atoms with E-state index in [1.165, 1.54) is 0 Å². The number of rotatable bonds is 1. The molecule has 1 aromatic carbocycles. The van der Waals surface area contributed by atoms with Gasteiger partial charge in [0.05, 0.1) is 0 Å². The molecular formula is C10H13NO2S. The van der Waals surface area contributed by atoms with Gasteiger partial charge >= 0.3 is 0 Å². The first-order valence-corrected chi connectivity index (χ1v) is 6.28. The second kappa shape index (κ2) is 3.71. The van der Waals surface area contributed by atoms with Crippen LogP contribution < -0.4 is 4.72 Å². The van der Waals surface area contributed by atoms with E-state index < -0.39 is 10.0 Å². The Balaban J connectivity index is 2.34. The molecule has 76 valence electrons. The second-order valence-corrected chi connectivity index (χ2v) is 5.43. The molecule has 14 heavy (non-hydrogen) atoms. The van der Waals surface area contributed by atoms with Crippen molar-refractivity contribution in [2.75, 3.05) is 6.54 Å².